The number of carbonyl (C=O) groups is 5. The van der Waals surface area contributed by atoms with E-state index in [2.05, 4.69) is 130 Å². The van der Waals surface area contributed by atoms with Crippen LogP contribution >= 0.6 is 98.4 Å². The molecule has 0 aliphatic rings. The van der Waals surface area contributed by atoms with Gasteiger partial charge in [-0.25, -0.2) is 34.1 Å². The Morgan fingerprint density at radius 3 is 1.27 bits per heavy atom. The smallest absolute Gasteiger partial charge is 0.280 e. The summed E-state index contributed by atoms with van der Waals surface area (Å²) >= 11 is 9.54. The van der Waals surface area contributed by atoms with E-state index in [1.54, 1.807) is 13.8 Å². The predicted octanol–water partition coefficient (Wildman–Crippen LogP) is 2.62. The van der Waals surface area contributed by atoms with Crippen LogP contribution in [0.15, 0.2) is 94.0 Å². The Balaban J connectivity index is 0.000000446. The number of fused-ring (bicyclic) bond motifs is 3. The van der Waals surface area contributed by atoms with Crippen molar-refractivity contribution in [1.29, 1.82) is 0 Å². The number of aromatic nitrogens is 12. The number of aliphatic hydroxyl groups excluding tert-OH is 1. The third-order valence-corrected chi connectivity index (χ3v) is 12.3. The molecule has 97 heavy (non-hydrogen) atoms. The molecule has 0 saturated heterocycles. The summed E-state index contributed by atoms with van der Waals surface area (Å²) in [5.74, 6) is -2.16. The van der Waals surface area contributed by atoms with Crippen LogP contribution in [0.1, 0.15) is 59.1 Å². The second kappa shape index (κ2) is 47.9. The molecule has 0 radical (unpaired) electrons. The van der Waals surface area contributed by atoms with Gasteiger partial charge in [-0.2, -0.15) is 15.0 Å². The molecule has 0 bridgehead atoms. The number of carbonyl (C=O) groups excluding carboxylic acids is 4. The van der Waals surface area contributed by atoms with Gasteiger partial charge in [0, 0.05) is 37.2 Å². The number of carboxylic acid groups (broad SMARTS) is 1. The van der Waals surface area contributed by atoms with Crippen LogP contribution in [0.25, 0.3) is 33.5 Å². The molecule has 0 fully saturated rings. The Kier molecular flexibility index (Phi) is 43.0. The minimum absolute atomic E-state index is 0. The normalized spacial score (nSPS) is 11.5. The van der Waals surface area contributed by atoms with E-state index in [0.717, 1.165) is 11.1 Å². The second-order valence-corrected chi connectivity index (χ2v) is 36.9. The maximum Gasteiger partial charge on any atom is 0.280 e. The number of hydrogen-bond acceptors (Lipinski definition) is 26. The Bertz CT molecular complexity index is 3840. The average Bonchev–Trinajstić information content (AvgIpc) is 1.69. The number of benzene rings is 2. The second-order valence-electron chi connectivity index (χ2n) is 20.7. The molecule has 6 aromatic heterocycles. The van der Waals surface area contributed by atoms with Crippen molar-refractivity contribution >= 4 is 180 Å². The summed E-state index contributed by atoms with van der Waals surface area (Å²) in [5, 5.41) is 22.4. The van der Waals surface area contributed by atoms with Gasteiger partial charge in [0.15, 0.2) is 33.5 Å². The van der Waals surface area contributed by atoms with Crippen LogP contribution in [0.5, 0.6) is 0 Å². The first-order valence-corrected chi connectivity index (χ1v) is 47.5. The van der Waals surface area contributed by atoms with Crippen LogP contribution in [-0.4, -0.2) is 157 Å². The number of aliphatic carboxylic acids is 1. The van der Waals surface area contributed by atoms with E-state index in [1.807, 2.05) is 88.4 Å². The summed E-state index contributed by atoms with van der Waals surface area (Å²) in [6, 6.07) is 16.0. The van der Waals surface area contributed by atoms with Crippen LogP contribution in [0, 0.1) is 17.8 Å². The van der Waals surface area contributed by atoms with E-state index < -0.39 is 59.3 Å². The molecule has 6 heterocycles. The zero-order valence-electron chi connectivity index (χ0n) is 53.1. The predicted molar refractivity (Wildman–Crippen MR) is 398 cm³/mol. The fourth-order valence-corrected chi connectivity index (χ4v) is 7.62. The Morgan fingerprint density at radius 2 is 0.928 bits per heavy atom. The monoisotopic (exact) mass is 2030 g/mol. The summed E-state index contributed by atoms with van der Waals surface area (Å²) in [4.78, 5) is 124. The molecule has 536 valence electrons. The molecule has 3 atom stereocenters. The minimum Gasteiger partial charge on any atom is -0.394 e. The third kappa shape index (κ3) is 31.8. The minimum atomic E-state index is -1.07. The number of alkyl carbamates (subject to hydrolysis) is 2. The topological polar surface area (TPSA) is 509 Å². The number of hydrogen-bond donors (Lipinski definition) is 11. The number of amides is 2. The van der Waals surface area contributed by atoms with Gasteiger partial charge in [0.25, 0.3) is 16.7 Å². The third-order valence-electron chi connectivity index (χ3n) is 12.3. The van der Waals surface area contributed by atoms with Gasteiger partial charge in [0.05, 0.1) is 45.4 Å². The number of rotatable bonds is 27. The number of anilines is 3. The van der Waals surface area contributed by atoms with Crippen molar-refractivity contribution in [3.8, 4) is 0 Å². The van der Waals surface area contributed by atoms with E-state index in [4.69, 9.17) is 66.3 Å². The molecule has 2 amide bonds. The molecule has 35 nitrogen and oxygen atoms in total. The number of nitrogen functional groups attached to an aromatic ring is 3. The van der Waals surface area contributed by atoms with Crippen molar-refractivity contribution in [2.45, 2.75) is 99.5 Å². The first-order valence-electron chi connectivity index (χ1n) is 28.6. The quantitative estimate of drug-likeness (QED) is 0.0152. The maximum atomic E-state index is 12.5. The van der Waals surface area contributed by atoms with E-state index in [9.17, 15) is 38.4 Å². The molecular formula is C56H77I6N18O17-. The van der Waals surface area contributed by atoms with Gasteiger partial charge >= 0.3 is 80.6 Å². The summed E-state index contributed by atoms with van der Waals surface area (Å²) < 4.78 is 40.9. The van der Waals surface area contributed by atoms with Crippen LogP contribution < -0.4 is 63.5 Å². The molecular weight excluding hydrogens is 1960 g/mol. The fraction of sp³-hybridized carbons (Fsp3) is 0.429. The molecule has 0 aliphatic carbocycles. The van der Waals surface area contributed by atoms with Crippen molar-refractivity contribution in [2.75, 3.05) is 56.8 Å². The summed E-state index contributed by atoms with van der Waals surface area (Å²) in [7, 11) is 0. The van der Waals surface area contributed by atoms with Crippen molar-refractivity contribution in [1.82, 2.24) is 69.2 Å². The van der Waals surface area contributed by atoms with Gasteiger partial charge in [-0.3, -0.25) is 47.8 Å². The summed E-state index contributed by atoms with van der Waals surface area (Å²) in [6.45, 7) is 11.9. The fourth-order valence-electron chi connectivity index (χ4n) is 7.62. The molecule has 0 unspecified atom stereocenters. The molecule has 2 aromatic carbocycles. The molecule has 8 aromatic rings. The van der Waals surface area contributed by atoms with Crippen LogP contribution in [0.4, 0.5) is 27.4 Å². The zero-order chi connectivity index (χ0) is 71.3. The van der Waals surface area contributed by atoms with Gasteiger partial charge in [0.1, 0.15) is 64.7 Å². The zero-order valence-corrected chi connectivity index (χ0v) is 66.2. The van der Waals surface area contributed by atoms with E-state index in [0.29, 0.717) is 31.0 Å². The number of carboxylic acids is 1. The number of nitrogens with two attached hydrogens (primary N) is 4. The first kappa shape index (κ1) is 87.1. The number of halogens is 6. The molecule has 0 saturated carbocycles. The van der Waals surface area contributed by atoms with Crippen LogP contribution in [0.3, 0.4) is 0 Å². The van der Waals surface area contributed by atoms with Crippen LogP contribution in [-0.2, 0) is 80.9 Å². The molecule has 8 rings (SSSR count). The maximum absolute atomic E-state index is 12.5. The van der Waals surface area contributed by atoms with Crippen molar-refractivity contribution in [3.63, 3.8) is 0 Å². The Hall–Kier alpha value is -5.98. The van der Waals surface area contributed by atoms with E-state index in [1.165, 1.54) is 32.7 Å². The molecule has 41 heteroatoms. The number of ether oxygens (including phenoxy) is 7. The largest absolute Gasteiger partial charge is 0.394 e. The van der Waals surface area contributed by atoms with Crippen molar-refractivity contribution in [2.24, 2.45) is 23.5 Å². The number of aliphatic hydroxyl groups is 1. The Morgan fingerprint density at radius 1 is 0.567 bits per heavy atom. The molecule has 0 spiro atoms. The number of nitrogens with one attached hydrogen (secondary N) is 5. The van der Waals surface area contributed by atoms with Gasteiger partial charge in [0.2, 0.25) is 17.8 Å². The molecule has 15 N–H and O–H groups in total. The molecule has 0 aliphatic heterocycles. The number of nitrogens with zero attached hydrogens (tertiary/aromatic N) is 9. The van der Waals surface area contributed by atoms with Gasteiger partial charge in [-0.15, -0.1) is 24.0 Å². The van der Waals surface area contributed by atoms with Crippen molar-refractivity contribution in [3.05, 3.63) is 122 Å². The Labute approximate surface area is 624 Å². The number of aromatic amines is 3. The SMILES string of the molecule is CC(C)C[C@H](NC(=O)OCc1ccccc1)C(=O)OCCOCn1cnc2c(=O)[nH]c(N)nc21.CC(C)[C@H](N)C(=O)OCCOCn1cnc2c(=O)[nH]c(N)nc21.CC(C)[C@H](NC(=O)OCc1ccccc1)C(=O)O.I.II.I[I-]I.Nc1nc2c(ncn2COCCO)c(=O)[nH]1. The number of H-pyrrole nitrogens is 3. The van der Waals surface area contributed by atoms with E-state index in [-0.39, 0.29) is 160 Å². The number of imidazole rings is 3. The first-order chi connectivity index (χ1) is 45.9. The standard InChI is InChI=1S/C22H28N6O6.C13H20N6O4.C13H17NO4.C8H11N5O3.I3.I2.HI/c1-14(2)10-16(25-22(31)34-11-15-6-4-3-5-7-15)20(30)33-9-8-32-13-28-12-24-17-18(28)26-21(23)27-19(17)29;1-7(2)8(14)12(21)23-4-3-22-6-19-5-16-9-10(19)17-13(15)18-11(9)20;1-9(2)11(12(15)16)14-13(17)18-8-10-6-4-3-5-7-10;9-8-11-6-5(7(15)12-8)10-3-13(6)4-16-2-1-14;1-3-2;1-2;/h3-7,12,14,16H,8-11,13H2,1-2H3,(H,25,31)(H3,23,26,27,29);5,7-8H,3-4,6,14H2,1-2H3,(H3,15,17,18,20);3-7,9,11H,8H2,1-2H3,(H,14,17)(H,15,16);3,14H,1-2,4H2,(H3,9,11,12,15);;;1H/q;;;;-1;;/t16-;8-;11-;;;;/m000..../s1. The number of esters is 2. The summed E-state index contributed by atoms with van der Waals surface area (Å²) in [5.41, 5.74) is 24.1. The van der Waals surface area contributed by atoms with Gasteiger partial charge in [-0.1, -0.05) is 102 Å². The van der Waals surface area contributed by atoms with Gasteiger partial charge < -0.3 is 76.9 Å². The van der Waals surface area contributed by atoms with E-state index >= 15 is 0 Å². The van der Waals surface area contributed by atoms with Crippen LogP contribution in [0.2, 0.25) is 0 Å². The summed E-state index contributed by atoms with van der Waals surface area (Å²) in [6.07, 6.45) is 3.23. The van der Waals surface area contributed by atoms with Crippen molar-refractivity contribution < 1.29 is 80.6 Å². The average molecular weight is 2040 g/mol. The van der Waals surface area contributed by atoms with Gasteiger partial charge in [-0.05, 0) is 35.3 Å².